The summed E-state index contributed by atoms with van der Waals surface area (Å²) < 4.78 is 5.66. The topological polar surface area (TPSA) is 36.9 Å². The molecular weight excluding hydrogens is 310 g/mol. The van der Waals surface area contributed by atoms with Gasteiger partial charge in [0.1, 0.15) is 0 Å². The number of aliphatic imine (C=N–C) groups is 1. The van der Waals surface area contributed by atoms with E-state index in [4.69, 9.17) is 4.74 Å². The van der Waals surface area contributed by atoms with E-state index in [1.54, 1.807) is 0 Å². The van der Waals surface area contributed by atoms with Crippen LogP contribution in [0, 0.1) is 5.41 Å². The van der Waals surface area contributed by atoms with Crippen molar-refractivity contribution >= 4 is 5.96 Å². The molecule has 2 heterocycles. The molecule has 0 unspecified atom stereocenters. The number of nitrogens with one attached hydrogen (secondary N) is 1. The second kappa shape index (κ2) is 6.99. The van der Waals surface area contributed by atoms with Gasteiger partial charge in [0.15, 0.2) is 5.96 Å². The third-order valence-corrected chi connectivity index (χ3v) is 6.78. The van der Waals surface area contributed by atoms with Crippen molar-refractivity contribution in [1.29, 1.82) is 0 Å². The van der Waals surface area contributed by atoms with Gasteiger partial charge in [0.25, 0.3) is 0 Å². The van der Waals surface area contributed by atoms with E-state index in [1.807, 2.05) is 7.05 Å². The van der Waals surface area contributed by atoms with Crippen LogP contribution in [0.4, 0.5) is 0 Å². The Morgan fingerprint density at radius 1 is 1.12 bits per heavy atom. The van der Waals surface area contributed by atoms with Crippen LogP contribution < -0.4 is 5.32 Å². The zero-order chi connectivity index (χ0) is 17.2. The van der Waals surface area contributed by atoms with E-state index in [0.717, 1.165) is 45.1 Å². The predicted octanol–water partition coefficient (Wildman–Crippen LogP) is 3.19. The molecule has 2 saturated heterocycles. The summed E-state index contributed by atoms with van der Waals surface area (Å²) in [4.78, 5) is 7.09. The minimum absolute atomic E-state index is 0.156. The number of likely N-dealkylation sites (tertiary alicyclic amines) is 1. The first kappa shape index (κ1) is 16.9. The van der Waals surface area contributed by atoms with Crippen molar-refractivity contribution in [2.75, 3.05) is 39.9 Å². The Morgan fingerprint density at radius 3 is 2.48 bits per heavy atom. The predicted molar refractivity (Wildman–Crippen MR) is 102 cm³/mol. The van der Waals surface area contributed by atoms with Crippen molar-refractivity contribution in [1.82, 2.24) is 10.2 Å². The summed E-state index contributed by atoms with van der Waals surface area (Å²) in [5, 5.41) is 3.73. The van der Waals surface area contributed by atoms with E-state index in [9.17, 15) is 0 Å². The first-order chi connectivity index (χ1) is 12.3. The first-order valence-corrected chi connectivity index (χ1v) is 9.84. The van der Waals surface area contributed by atoms with Gasteiger partial charge in [0.2, 0.25) is 0 Å². The van der Waals surface area contributed by atoms with Crippen molar-refractivity contribution in [2.45, 2.75) is 43.9 Å². The van der Waals surface area contributed by atoms with Gasteiger partial charge < -0.3 is 15.0 Å². The van der Waals surface area contributed by atoms with E-state index < -0.39 is 0 Å². The number of rotatable bonds is 3. The van der Waals surface area contributed by atoms with Gasteiger partial charge in [-0.1, -0.05) is 36.8 Å². The Morgan fingerprint density at radius 2 is 1.88 bits per heavy atom. The van der Waals surface area contributed by atoms with Crippen LogP contribution in [0.25, 0.3) is 0 Å². The van der Waals surface area contributed by atoms with Gasteiger partial charge in [-0.05, 0) is 43.1 Å². The molecule has 1 aromatic rings. The lowest BCUT2D eigenvalue weighted by atomic mass is 9.68. The highest BCUT2D eigenvalue weighted by Crippen LogP contribution is 2.48. The molecule has 136 valence electrons. The monoisotopic (exact) mass is 341 g/mol. The maximum Gasteiger partial charge on any atom is 0.193 e. The Balaban J connectivity index is 1.45. The molecule has 1 saturated carbocycles. The second-order valence-corrected chi connectivity index (χ2v) is 8.18. The number of benzene rings is 1. The summed E-state index contributed by atoms with van der Waals surface area (Å²) in [7, 11) is 1.92. The minimum atomic E-state index is 0.156. The standard InChI is InChI=1S/C21H31N3O/c1-22-19(24-13-10-20(17-24)8-5-9-20)23-16-21(11-14-25-15-12-21)18-6-3-2-4-7-18/h2-4,6-7H,5,8-17H2,1H3,(H,22,23). The molecule has 3 fully saturated rings. The van der Waals surface area contributed by atoms with Crippen LogP contribution in [0.3, 0.4) is 0 Å². The van der Waals surface area contributed by atoms with Crippen molar-refractivity contribution in [3.63, 3.8) is 0 Å². The van der Waals surface area contributed by atoms with Crippen molar-refractivity contribution < 1.29 is 4.74 Å². The lowest BCUT2D eigenvalue weighted by molar-refractivity contribution is 0.0511. The minimum Gasteiger partial charge on any atom is -0.381 e. The fourth-order valence-electron chi connectivity index (χ4n) is 4.90. The molecule has 4 rings (SSSR count). The lowest BCUT2D eigenvalue weighted by Gasteiger charge is -2.40. The van der Waals surface area contributed by atoms with Crippen LogP contribution >= 0.6 is 0 Å². The largest absolute Gasteiger partial charge is 0.381 e. The summed E-state index contributed by atoms with van der Waals surface area (Å²) in [6.45, 7) is 4.98. The lowest BCUT2D eigenvalue weighted by Crippen LogP contribution is -2.49. The molecule has 3 aliphatic rings. The van der Waals surface area contributed by atoms with Gasteiger partial charge in [0.05, 0.1) is 0 Å². The number of guanidine groups is 1. The molecule has 4 nitrogen and oxygen atoms in total. The molecule has 0 amide bonds. The van der Waals surface area contributed by atoms with Crippen molar-refractivity contribution in [3.05, 3.63) is 35.9 Å². The van der Waals surface area contributed by atoms with Crippen LogP contribution in [0.5, 0.6) is 0 Å². The Kier molecular flexibility index (Phi) is 4.72. The molecule has 1 aliphatic carbocycles. The smallest absolute Gasteiger partial charge is 0.193 e. The quantitative estimate of drug-likeness (QED) is 0.678. The van der Waals surface area contributed by atoms with Gasteiger partial charge in [-0.3, -0.25) is 4.99 Å². The molecular formula is C21H31N3O. The summed E-state index contributed by atoms with van der Waals surface area (Å²) in [6.07, 6.45) is 7.72. The summed E-state index contributed by atoms with van der Waals surface area (Å²) >= 11 is 0. The van der Waals surface area contributed by atoms with Gasteiger partial charge in [-0.25, -0.2) is 0 Å². The zero-order valence-corrected chi connectivity index (χ0v) is 15.5. The van der Waals surface area contributed by atoms with Crippen LogP contribution in [0.2, 0.25) is 0 Å². The summed E-state index contributed by atoms with van der Waals surface area (Å²) in [5.74, 6) is 1.09. The molecule has 1 N–H and O–H groups in total. The highest BCUT2D eigenvalue weighted by molar-refractivity contribution is 5.80. The highest BCUT2D eigenvalue weighted by Gasteiger charge is 2.44. The third kappa shape index (κ3) is 3.29. The second-order valence-electron chi connectivity index (χ2n) is 8.18. The van der Waals surface area contributed by atoms with Gasteiger partial charge in [-0.15, -0.1) is 0 Å². The molecule has 0 radical (unpaired) electrons. The van der Waals surface area contributed by atoms with Gasteiger partial charge in [0, 0.05) is 45.3 Å². The summed E-state index contributed by atoms with van der Waals surface area (Å²) in [6, 6.07) is 11.0. The van der Waals surface area contributed by atoms with E-state index in [0.29, 0.717) is 5.41 Å². The molecule has 25 heavy (non-hydrogen) atoms. The summed E-state index contributed by atoms with van der Waals surface area (Å²) in [5.41, 5.74) is 2.19. The SMILES string of the molecule is CN=C(NCC1(c2ccccc2)CCOCC1)N1CCC2(CCC2)C1. The fraction of sp³-hybridized carbons (Fsp3) is 0.667. The molecule has 0 aromatic heterocycles. The fourth-order valence-corrected chi connectivity index (χ4v) is 4.90. The number of hydrogen-bond acceptors (Lipinski definition) is 2. The number of ether oxygens (including phenoxy) is 1. The normalized spacial score (nSPS) is 25.0. The first-order valence-electron chi connectivity index (χ1n) is 9.84. The van der Waals surface area contributed by atoms with E-state index in [1.165, 1.54) is 37.8 Å². The van der Waals surface area contributed by atoms with Crippen molar-refractivity contribution in [3.8, 4) is 0 Å². The average Bonchev–Trinajstić information content (AvgIpc) is 3.10. The molecule has 0 atom stereocenters. The van der Waals surface area contributed by atoms with Gasteiger partial charge in [-0.2, -0.15) is 0 Å². The van der Waals surface area contributed by atoms with Crippen LogP contribution in [-0.2, 0) is 10.2 Å². The van der Waals surface area contributed by atoms with Gasteiger partial charge >= 0.3 is 0 Å². The highest BCUT2D eigenvalue weighted by atomic mass is 16.5. The van der Waals surface area contributed by atoms with Crippen LogP contribution in [-0.4, -0.2) is 50.8 Å². The molecule has 1 spiro atoms. The maximum absolute atomic E-state index is 5.66. The van der Waals surface area contributed by atoms with E-state index in [2.05, 4.69) is 45.5 Å². The van der Waals surface area contributed by atoms with Crippen LogP contribution in [0.15, 0.2) is 35.3 Å². The Hall–Kier alpha value is -1.55. The number of hydrogen-bond donors (Lipinski definition) is 1. The Bertz CT molecular complexity index is 603. The van der Waals surface area contributed by atoms with E-state index in [-0.39, 0.29) is 5.41 Å². The molecule has 1 aromatic carbocycles. The average molecular weight is 341 g/mol. The Labute approximate surface area is 151 Å². The van der Waals surface area contributed by atoms with Crippen molar-refractivity contribution in [2.24, 2.45) is 10.4 Å². The molecule has 2 aliphatic heterocycles. The third-order valence-electron chi connectivity index (χ3n) is 6.78. The van der Waals surface area contributed by atoms with E-state index >= 15 is 0 Å². The van der Waals surface area contributed by atoms with Crippen LogP contribution in [0.1, 0.15) is 44.1 Å². The molecule has 0 bridgehead atoms. The molecule has 4 heteroatoms. The maximum atomic E-state index is 5.66. The number of nitrogens with zero attached hydrogens (tertiary/aromatic N) is 2. The zero-order valence-electron chi connectivity index (χ0n) is 15.5.